The number of benzene rings is 1. The second-order valence-corrected chi connectivity index (χ2v) is 10.5. The SMILES string of the molecule is Cc1cc2nnc(C(=O)N3CCC(c4nc(C(=O)Nc5ccc6c(c5)CCC6)cs4)CC3)c(C)n2n1. The normalized spacial score (nSPS) is 15.9. The fourth-order valence-corrected chi connectivity index (χ4v) is 6.15. The Morgan fingerprint density at radius 2 is 1.86 bits per heavy atom. The van der Waals surface area contributed by atoms with Crippen molar-refractivity contribution in [2.75, 3.05) is 18.4 Å². The highest BCUT2D eigenvalue weighted by molar-refractivity contribution is 7.10. The number of nitrogens with zero attached hydrogens (tertiary/aromatic N) is 6. The van der Waals surface area contributed by atoms with E-state index in [0.29, 0.717) is 35.8 Å². The van der Waals surface area contributed by atoms with E-state index in [0.717, 1.165) is 42.1 Å². The lowest BCUT2D eigenvalue weighted by molar-refractivity contribution is 0.0704. The number of hydrogen-bond acceptors (Lipinski definition) is 7. The Labute approximate surface area is 212 Å². The summed E-state index contributed by atoms with van der Waals surface area (Å²) in [5.74, 6) is -0.0764. The molecule has 4 aromatic rings. The van der Waals surface area contributed by atoms with Gasteiger partial charge in [0.25, 0.3) is 11.8 Å². The predicted molar refractivity (Wildman–Crippen MR) is 137 cm³/mol. The van der Waals surface area contributed by atoms with Gasteiger partial charge in [0.2, 0.25) is 0 Å². The number of thiazole rings is 1. The molecular formula is C26H27N7O2S. The van der Waals surface area contributed by atoms with E-state index in [1.807, 2.05) is 36.3 Å². The Morgan fingerprint density at radius 1 is 1.06 bits per heavy atom. The maximum absolute atomic E-state index is 13.2. The van der Waals surface area contributed by atoms with Crippen molar-refractivity contribution in [1.82, 2.24) is 29.7 Å². The Balaban J connectivity index is 1.09. The van der Waals surface area contributed by atoms with Crippen LogP contribution in [0.2, 0.25) is 0 Å². The smallest absolute Gasteiger partial charge is 0.276 e. The van der Waals surface area contributed by atoms with E-state index >= 15 is 0 Å². The van der Waals surface area contributed by atoms with Crippen molar-refractivity contribution < 1.29 is 9.59 Å². The zero-order valence-electron chi connectivity index (χ0n) is 20.3. The second-order valence-electron chi connectivity index (χ2n) is 9.62. The van der Waals surface area contributed by atoms with Crippen LogP contribution in [0.5, 0.6) is 0 Å². The highest BCUT2D eigenvalue weighted by Gasteiger charge is 2.29. The molecule has 0 saturated carbocycles. The Hall–Kier alpha value is -3.66. The molecule has 36 heavy (non-hydrogen) atoms. The van der Waals surface area contributed by atoms with Gasteiger partial charge in [-0.15, -0.1) is 21.5 Å². The molecule has 6 rings (SSSR count). The number of carbonyl (C=O) groups excluding carboxylic acids is 2. The van der Waals surface area contributed by atoms with Crippen LogP contribution in [0.4, 0.5) is 5.69 Å². The van der Waals surface area contributed by atoms with Crippen molar-refractivity contribution in [2.24, 2.45) is 0 Å². The van der Waals surface area contributed by atoms with E-state index in [1.54, 1.807) is 4.52 Å². The third-order valence-corrected chi connectivity index (χ3v) is 8.18. The van der Waals surface area contributed by atoms with Crippen LogP contribution in [0.1, 0.15) is 73.7 Å². The highest BCUT2D eigenvalue weighted by atomic mass is 32.1. The molecule has 10 heteroatoms. The number of aromatic nitrogens is 5. The minimum absolute atomic E-state index is 0.123. The molecule has 0 atom stereocenters. The summed E-state index contributed by atoms with van der Waals surface area (Å²) in [7, 11) is 0. The number of amides is 2. The maximum atomic E-state index is 13.2. The summed E-state index contributed by atoms with van der Waals surface area (Å²) in [6.45, 7) is 4.95. The lowest BCUT2D eigenvalue weighted by Crippen LogP contribution is -2.39. The third kappa shape index (κ3) is 4.15. The fraction of sp³-hybridized carbons (Fsp3) is 0.385. The van der Waals surface area contributed by atoms with Gasteiger partial charge in [0.05, 0.1) is 16.4 Å². The molecule has 0 spiro atoms. The zero-order valence-corrected chi connectivity index (χ0v) is 21.1. The van der Waals surface area contributed by atoms with Crippen LogP contribution in [0.15, 0.2) is 29.6 Å². The van der Waals surface area contributed by atoms with E-state index in [-0.39, 0.29) is 17.7 Å². The largest absolute Gasteiger partial charge is 0.337 e. The van der Waals surface area contributed by atoms with Gasteiger partial charge in [-0.25, -0.2) is 9.50 Å². The first kappa shape index (κ1) is 22.8. The predicted octanol–water partition coefficient (Wildman–Crippen LogP) is 3.96. The Morgan fingerprint density at radius 3 is 2.69 bits per heavy atom. The number of likely N-dealkylation sites (tertiary alicyclic amines) is 1. The lowest BCUT2D eigenvalue weighted by Gasteiger charge is -2.31. The van der Waals surface area contributed by atoms with Crippen LogP contribution in [0, 0.1) is 13.8 Å². The van der Waals surface area contributed by atoms with Gasteiger partial charge >= 0.3 is 0 Å². The summed E-state index contributed by atoms with van der Waals surface area (Å²) in [5, 5.41) is 18.5. The summed E-state index contributed by atoms with van der Waals surface area (Å²) in [6.07, 6.45) is 4.96. The molecule has 3 aromatic heterocycles. The van der Waals surface area contributed by atoms with Crippen LogP contribution in [-0.4, -0.2) is 54.6 Å². The van der Waals surface area contributed by atoms with E-state index in [1.165, 1.54) is 28.9 Å². The van der Waals surface area contributed by atoms with Gasteiger partial charge in [-0.05, 0) is 69.2 Å². The molecule has 9 nitrogen and oxygen atoms in total. The molecule has 1 saturated heterocycles. The molecule has 184 valence electrons. The molecule has 0 radical (unpaired) electrons. The number of aryl methyl sites for hydroxylation is 4. The first-order valence-electron chi connectivity index (χ1n) is 12.3. The standard InChI is InChI=1S/C26H27N7O2S/c1-15-12-22-29-30-23(16(2)33(22)31-15)26(35)32-10-8-18(9-11-32)25-28-21(14-36-25)24(34)27-20-7-6-17-4-3-5-19(17)13-20/h6-7,12-14,18H,3-5,8-11H2,1-2H3,(H,27,34). The number of anilines is 1. The summed E-state index contributed by atoms with van der Waals surface area (Å²) >= 11 is 1.52. The summed E-state index contributed by atoms with van der Waals surface area (Å²) in [5.41, 5.74) is 6.48. The second kappa shape index (κ2) is 9.09. The van der Waals surface area contributed by atoms with E-state index in [9.17, 15) is 9.59 Å². The van der Waals surface area contributed by atoms with Crippen molar-refractivity contribution >= 4 is 34.5 Å². The van der Waals surface area contributed by atoms with Crippen LogP contribution >= 0.6 is 11.3 Å². The van der Waals surface area contributed by atoms with Crippen LogP contribution in [-0.2, 0) is 12.8 Å². The van der Waals surface area contributed by atoms with E-state index in [4.69, 9.17) is 0 Å². The van der Waals surface area contributed by atoms with Crippen molar-refractivity contribution in [1.29, 1.82) is 0 Å². The molecule has 2 aliphatic rings. The lowest BCUT2D eigenvalue weighted by atomic mass is 9.97. The fourth-order valence-electron chi connectivity index (χ4n) is 5.18. The molecular weight excluding hydrogens is 474 g/mol. The number of fused-ring (bicyclic) bond motifs is 2. The van der Waals surface area contributed by atoms with Gasteiger partial charge in [-0.2, -0.15) is 5.10 Å². The maximum Gasteiger partial charge on any atom is 0.276 e. The zero-order chi connectivity index (χ0) is 24.8. The van der Waals surface area contributed by atoms with Crippen molar-refractivity contribution in [3.05, 3.63) is 68.6 Å². The molecule has 1 N–H and O–H groups in total. The van der Waals surface area contributed by atoms with Gasteiger partial charge in [-0.3, -0.25) is 9.59 Å². The number of nitrogens with one attached hydrogen (secondary N) is 1. The number of piperidine rings is 1. The molecule has 4 heterocycles. The number of carbonyl (C=O) groups is 2. The third-order valence-electron chi connectivity index (χ3n) is 7.17. The van der Waals surface area contributed by atoms with Crippen LogP contribution in [0.3, 0.4) is 0 Å². The summed E-state index contributed by atoms with van der Waals surface area (Å²) in [6, 6.07) is 8.01. The molecule has 2 amide bonds. The average Bonchev–Trinajstić information content (AvgIpc) is 3.63. The minimum Gasteiger partial charge on any atom is -0.337 e. The molecule has 1 aliphatic heterocycles. The van der Waals surface area contributed by atoms with Crippen molar-refractivity contribution in [3.63, 3.8) is 0 Å². The summed E-state index contributed by atoms with van der Waals surface area (Å²) in [4.78, 5) is 32.4. The first-order valence-corrected chi connectivity index (χ1v) is 13.2. The number of hydrogen-bond donors (Lipinski definition) is 1. The quantitative estimate of drug-likeness (QED) is 0.454. The van der Waals surface area contributed by atoms with E-state index < -0.39 is 0 Å². The summed E-state index contributed by atoms with van der Waals surface area (Å²) < 4.78 is 1.67. The molecule has 1 aromatic carbocycles. The first-order chi connectivity index (χ1) is 17.5. The van der Waals surface area contributed by atoms with Gasteiger partial charge in [-0.1, -0.05) is 6.07 Å². The van der Waals surface area contributed by atoms with E-state index in [2.05, 4.69) is 37.7 Å². The minimum atomic E-state index is -0.179. The molecule has 0 bridgehead atoms. The Bertz CT molecular complexity index is 1480. The molecule has 0 unspecified atom stereocenters. The topological polar surface area (TPSA) is 105 Å². The van der Waals surface area contributed by atoms with Crippen LogP contribution < -0.4 is 5.32 Å². The van der Waals surface area contributed by atoms with Gasteiger partial charge in [0.15, 0.2) is 11.3 Å². The monoisotopic (exact) mass is 501 g/mol. The van der Waals surface area contributed by atoms with Crippen LogP contribution in [0.25, 0.3) is 5.65 Å². The van der Waals surface area contributed by atoms with Gasteiger partial charge in [0, 0.05) is 36.1 Å². The van der Waals surface area contributed by atoms with Gasteiger partial charge < -0.3 is 10.2 Å². The average molecular weight is 502 g/mol. The highest BCUT2D eigenvalue weighted by Crippen LogP contribution is 2.31. The molecule has 1 aliphatic carbocycles. The van der Waals surface area contributed by atoms with Gasteiger partial charge in [0.1, 0.15) is 5.69 Å². The van der Waals surface area contributed by atoms with Crippen molar-refractivity contribution in [2.45, 2.75) is 51.9 Å². The van der Waals surface area contributed by atoms with Crippen molar-refractivity contribution in [3.8, 4) is 0 Å². The Kier molecular flexibility index (Phi) is 5.75. The molecule has 1 fully saturated rings. The number of rotatable bonds is 4.